The van der Waals surface area contributed by atoms with Crippen LogP contribution in [0.4, 0.5) is 0 Å². The van der Waals surface area contributed by atoms with Gasteiger partial charge in [0.1, 0.15) is 17.2 Å². The Morgan fingerprint density at radius 1 is 1.03 bits per heavy atom. The van der Waals surface area contributed by atoms with Gasteiger partial charge in [-0.2, -0.15) is 5.10 Å². The average Bonchev–Trinajstić information content (AvgIpc) is 2.81. The SMILES string of the molecule is CCOc1ccc(C(=O)Oc2ccc(Br)cc2/C=N\NC(=O)COc2ccccc2Cl)cc1. The minimum atomic E-state index is -0.535. The van der Waals surface area contributed by atoms with E-state index in [9.17, 15) is 9.59 Å². The Labute approximate surface area is 204 Å². The summed E-state index contributed by atoms with van der Waals surface area (Å²) in [6, 6.07) is 18.5. The first-order valence-electron chi connectivity index (χ1n) is 9.90. The van der Waals surface area contributed by atoms with Gasteiger partial charge in [-0.1, -0.05) is 39.7 Å². The zero-order valence-electron chi connectivity index (χ0n) is 17.6. The van der Waals surface area contributed by atoms with Crippen molar-refractivity contribution in [1.82, 2.24) is 5.43 Å². The smallest absolute Gasteiger partial charge is 0.343 e. The summed E-state index contributed by atoms with van der Waals surface area (Å²) in [5, 5.41) is 4.33. The molecular formula is C24H20BrClN2O5. The van der Waals surface area contributed by atoms with E-state index in [0.29, 0.717) is 34.3 Å². The standard InChI is InChI=1S/C24H20BrClN2O5/c1-2-31-19-10-7-16(8-11-19)24(30)33-21-12-9-18(25)13-17(21)14-27-28-23(29)15-32-22-6-4-3-5-20(22)26/h3-14H,2,15H2,1H3,(H,28,29)/b27-14-. The van der Waals surface area contributed by atoms with Gasteiger partial charge in [-0.05, 0) is 61.5 Å². The van der Waals surface area contributed by atoms with Gasteiger partial charge < -0.3 is 14.2 Å². The monoisotopic (exact) mass is 530 g/mol. The summed E-state index contributed by atoms with van der Waals surface area (Å²) in [7, 11) is 0. The lowest BCUT2D eigenvalue weighted by molar-refractivity contribution is -0.123. The first kappa shape index (κ1) is 24.3. The number of amides is 1. The van der Waals surface area contributed by atoms with Crippen molar-refractivity contribution in [2.45, 2.75) is 6.92 Å². The molecule has 3 aromatic rings. The van der Waals surface area contributed by atoms with E-state index in [4.69, 9.17) is 25.8 Å². The Hall–Kier alpha value is -3.36. The first-order chi connectivity index (χ1) is 16.0. The van der Waals surface area contributed by atoms with Crippen LogP contribution in [0.1, 0.15) is 22.8 Å². The highest BCUT2D eigenvalue weighted by Crippen LogP contribution is 2.24. The number of hydrogen-bond acceptors (Lipinski definition) is 6. The van der Waals surface area contributed by atoms with Gasteiger partial charge in [-0.15, -0.1) is 0 Å². The van der Waals surface area contributed by atoms with E-state index < -0.39 is 11.9 Å². The quantitative estimate of drug-likeness (QED) is 0.176. The molecule has 33 heavy (non-hydrogen) atoms. The van der Waals surface area contributed by atoms with E-state index in [1.54, 1.807) is 66.7 Å². The van der Waals surface area contributed by atoms with Gasteiger partial charge in [0.15, 0.2) is 6.61 Å². The van der Waals surface area contributed by atoms with Gasteiger partial charge in [-0.3, -0.25) is 4.79 Å². The molecule has 9 heteroatoms. The molecule has 0 heterocycles. The number of hydrogen-bond donors (Lipinski definition) is 1. The molecule has 7 nitrogen and oxygen atoms in total. The molecule has 1 N–H and O–H groups in total. The number of hydrazone groups is 1. The molecule has 0 spiro atoms. The highest BCUT2D eigenvalue weighted by Gasteiger charge is 2.12. The second-order valence-corrected chi connectivity index (χ2v) is 7.86. The predicted molar refractivity (Wildman–Crippen MR) is 129 cm³/mol. The van der Waals surface area contributed by atoms with Crippen LogP contribution in [0.3, 0.4) is 0 Å². The zero-order chi connectivity index (χ0) is 23.6. The third-order valence-electron chi connectivity index (χ3n) is 4.16. The number of ether oxygens (including phenoxy) is 3. The van der Waals surface area contributed by atoms with Gasteiger partial charge in [-0.25, -0.2) is 10.2 Å². The number of rotatable bonds is 9. The van der Waals surface area contributed by atoms with Crippen LogP contribution in [0.15, 0.2) is 76.3 Å². The summed E-state index contributed by atoms with van der Waals surface area (Å²) in [5.74, 6) is 0.331. The topological polar surface area (TPSA) is 86.2 Å². The van der Waals surface area contributed by atoms with Crippen molar-refractivity contribution in [2.75, 3.05) is 13.2 Å². The van der Waals surface area contributed by atoms with E-state index in [1.807, 2.05) is 6.92 Å². The van der Waals surface area contributed by atoms with Crippen molar-refractivity contribution in [2.24, 2.45) is 5.10 Å². The summed E-state index contributed by atoms with van der Waals surface area (Å²) in [6.45, 7) is 2.15. The zero-order valence-corrected chi connectivity index (χ0v) is 19.9. The van der Waals surface area contributed by atoms with E-state index in [1.165, 1.54) is 6.21 Å². The maximum atomic E-state index is 12.5. The second-order valence-electron chi connectivity index (χ2n) is 6.54. The number of carbonyl (C=O) groups excluding carboxylic acids is 2. The predicted octanol–water partition coefficient (Wildman–Crippen LogP) is 5.25. The summed E-state index contributed by atoms with van der Waals surface area (Å²) < 4.78 is 17.0. The van der Waals surface area contributed by atoms with Crippen molar-refractivity contribution in [1.29, 1.82) is 0 Å². The van der Waals surface area contributed by atoms with Gasteiger partial charge in [0.2, 0.25) is 0 Å². The fourth-order valence-electron chi connectivity index (χ4n) is 2.64. The van der Waals surface area contributed by atoms with Crippen LogP contribution < -0.4 is 19.6 Å². The lowest BCUT2D eigenvalue weighted by Gasteiger charge is -2.09. The molecule has 1 amide bonds. The number of halogens is 2. The van der Waals surface area contributed by atoms with Crippen molar-refractivity contribution in [3.63, 3.8) is 0 Å². The second kappa shape index (κ2) is 12.0. The number of para-hydroxylation sites is 1. The Balaban J connectivity index is 1.61. The lowest BCUT2D eigenvalue weighted by Crippen LogP contribution is -2.24. The molecule has 0 atom stereocenters. The van der Waals surface area contributed by atoms with Crippen LogP contribution in [-0.2, 0) is 4.79 Å². The molecule has 0 aliphatic heterocycles. The van der Waals surface area contributed by atoms with Crippen LogP contribution in [0, 0.1) is 0 Å². The Morgan fingerprint density at radius 2 is 1.79 bits per heavy atom. The molecule has 3 rings (SSSR count). The van der Waals surface area contributed by atoms with E-state index in [2.05, 4.69) is 26.5 Å². The molecule has 0 aromatic heterocycles. The maximum Gasteiger partial charge on any atom is 0.343 e. The van der Waals surface area contributed by atoms with E-state index in [0.717, 1.165) is 4.47 Å². The number of nitrogens with one attached hydrogen (secondary N) is 1. The van der Waals surface area contributed by atoms with Crippen LogP contribution in [0.25, 0.3) is 0 Å². The molecule has 0 fully saturated rings. The van der Waals surface area contributed by atoms with Gasteiger partial charge >= 0.3 is 5.97 Å². The molecule has 0 aliphatic rings. The number of nitrogens with zero attached hydrogens (tertiary/aromatic N) is 1. The van der Waals surface area contributed by atoms with Crippen molar-refractivity contribution in [3.8, 4) is 17.2 Å². The fraction of sp³-hybridized carbons (Fsp3) is 0.125. The van der Waals surface area contributed by atoms with Gasteiger partial charge in [0.05, 0.1) is 23.4 Å². The van der Waals surface area contributed by atoms with Crippen LogP contribution >= 0.6 is 27.5 Å². The summed E-state index contributed by atoms with van der Waals surface area (Å²) in [4.78, 5) is 24.5. The molecule has 0 saturated carbocycles. The number of esters is 1. The van der Waals surface area contributed by atoms with Crippen molar-refractivity contribution in [3.05, 3.63) is 87.4 Å². The minimum absolute atomic E-state index is 0.265. The third-order valence-corrected chi connectivity index (χ3v) is 4.97. The Morgan fingerprint density at radius 3 is 2.52 bits per heavy atom. The summed E-state index contributed by atoms with van der Waals surface area (Å²) in [6.07, 6.45) is 1.37. The van der Waals surface area contributed by atoms with E-state index >= 15 is 0 Å². The normalized spacial score (nSPS) is 10.6. The highest BCUT2D eigenvalue weighted by atomic mass is 79.9. The molecule has 0 radical (unpaired) electrons. The fourth-order valence-corrected chi connectivity index (χ4v) is 3.21. The van der Waals surface area contributed by atoms with Crippen LogP contribution in [0.2, 0.25) is 5.02 Å². The van der Waals surface area contributed by atoms with Crippen LogP contribution in [0.5, 0.6) is 17.2 Å². The molecule has 0 saturated heterocycles. The van der Waals surface area contributed by atoms with Gasteiger partial charge in [0, 0.05) is 10.0 Å². The Kier molecular flexibility index (Phi) is 8.86. The van der Waals surface area contributed by atoms with Crippen molar-refractivity contribution >= 4 is 45.6 Å². The van der Waals surface area contributed by atoms with Crippen LogP contribution in [-0.4, -0.2) is 31.3 Å². The highest BCUT2D eigenvalue weighted by molar-refractivity contribution is 9.10. The summed E-state index contributed by atoms with van der Waals surface area (Å²) >= 11 is 9.37. The molecule has 0 bridgehead atoms. The molecule has 3 aromatic carbocycles. The maximum absolute atomic E-state index is 12.5. The molecular weight excluding hydrogens is 512 g/mol. The largest absolute Gasteiger partial charge is 0.494 e. The molecule has 0 aliphatic carbocycles. The number of carbonyl (C=O) groups is 2. The minimum Gasteiger partial charge on any atom is -0.494 e. The Bertz CT molecular complexity index is 1150. The first-order valence-corrected chi connectivity index (χ1v) is 11.1. The number of benzene rings is 3. The third kappa shape index (κ3) is 7.34. The van der Waals surface area contributed by atoms with Gasteiger partial charge in [0.25, 0.3) is 5.91 Å². The summed E-state index contributed by atoms with van der Waals surface area (Å²) in [5.41, 5.74) is 3.22. The molecule has 0 unspecified atom stereocenters. The average molecular weight is 532 g/mol. The lowest BCUT2D eigenvalue weighted by atomic mass is 10.2. The molecule has 170 valence electrons. The van der Waals surface area contributed by atoms with E-state index in [-0.39, 0.29) is 12.4 Å². The van der Waals surface area contributed by atoms with Crippen molar-refractivity contribution < 1.29 is 23.8 Å².